The van der Waals surface area contributed by atoms with Crippen molar-refractivity contribution in [1.29, 1.82) is 0 Å². The lowest BCUT2D eigenvalue weighted by atomic mass is 9.99. The highest BCUT2D eigenvalue weighted by Crippen LogP contribution is 2.27. The molecule has 2 heterocycles. The van der Waals surface area contributed by atoms with Crippen molar-refractivity contribution in [1.82, 2.24) is 14.5 Å². The molecule has 1 fully saturated rings. The van der Waals surface area contributed by atoms with Crippen LogP contribution >= 0.6 is 0 Å². The molecule has 1 aliphatic rings. The van der Waals surface area contributed by atoms with Crippen LogP contribution < -0.4 is 4.90 Å². The maximum absolute atomic E-state index is 13.2. The lowest BCUT2D eigenvalue weighted by Gasteiger charge is -2.34. The second-order valence-corrected chi connectivity index (χ2v) is 11.2. The Morgan fingerprint density at radius 1 is 0.667 bits per heavy atom. The van der Waals surface area contributed by atoms with E-state index in [0.717, 1.165) is 28.2 Å². The summed E-state index contributed by atoms with van der Waals surface area (Å²) in [6.45, 7) is 8.25. The molecular formula is C29H30N4O2S. The van der Waals surface area contributed by atoms with Crippen LogP contribution in [0.3, 0.4) is 0 Å². The number of rotatable bonds is 5. The summed E-state index contributed by atoms with van der Waals surface area (Å²) in [6, 6.07) is 25.4. The summed E-state index contributed by atoms with van der Waals surface area (Å²) in [5.74, 6) is 0.768. The zero-order valence-corrected chi connectivity index (χ0v) is 21.7. The third kappa shape index (κ3) is 4.76. The molecule has 0 N–H and O–H groups in total. The van der Waals surface area contributed by atoms with E-state index in [1.165, 1.54) is 16.7 Å². The first-order chi connectivity index (χ1) is 17.3. The molecule has 0 bridgehead atoms. The highest BCUT2D eigenvalue weighted by Gasteiger charge is 2.29. The molecule has 0 aliphatic carbocycles. The monoisotopic (exact) mass is 498 g/mol. The molecule has 1 aromatic heterocycles. The number of hydrogen-bond donors (Lipinski definition) is 0. The van der Waals surface area contributed by atoms with Gasteiger partial charge in [0.15, 0.2) is 5.82 Å². The van der Waals surface area contributed by atoms with Gasteiger partial charge < -0.3 is 4.90 Å². The molecule has 1 saturated heterocycles. The number of anilines is 1. The van der Waals surface area contributed by atoms with Crippen LogP contribution in [-0.4, -0.2) is 49.1 Å². The minimum atomic E-state index is -3.55. The van der Waals surface area contributed by atoms with Crippen LogP contribution in [0, 0.1) is 20.8 Å². The zero-order chi connectivity index (χ0) is 25.3. The second kappa shape index (κ2) is 9.84. The van der Waals surface area contributed by atoms with E-state index in [9.17, 15) is 8.42 Å². The molecule has 0 radical (unpaired) electrons. The van der Waals surface area contributed by atoms with Gasteiger partial charge in [-0.2, -0.15) is 4.31 Å². The molecule has 3 aromatic carbocycles. The van der Waals surface area contributed by atoms with E-state index < -0.39 is 10.0 Å². The molecule has 5 rings (SSSR count). The molecule has 0 unspecified atom stereocenters. The largest absolute Gasteiger partial charge is 0.352 e. The standard InChI is InChI=1S/C29H30N4O2S/c1-21-19-23(3)27(20-22(21)2)28-13-14-29(31-30-28)32-15-17-33(18-16-32)36(34,35)26-11-9-25(10-12-26)24-7-5-4-6-8-24/h4-14,19-20H,15-18H2,1-3H3. The van der Waals surface area contributed by atoms with Crippen molar-refractivity contribution in [3.63, 3.8) is 0 Å². The Morgan fingerprint density at radius 2 is 1.31 bits per heavy atom. The Balaban J connectivity index is 1.25. The van der Waals surface area contributed by atoms with Gasteiger partial charge in [0, 0.05) is 31.7 Å². The number of aromatic nitrogens is 2. The Labute approximate surface area is 213 Å². The minimum Gasteiger partial charge on any atom is -0.352 e. The van der Waals surface area contributed by atoms with Crippen LogP contribution in [-0.2, 0) is 10.0 Å². The van der Waals surface area contributed by atoms with Gasteiger partial charge >= 0.3 is 0 Å². The number of aryl methyl sites for hydroxylation is 3. The fourth-order valence-electron chi connectivity index (χ4n) is 4.63. The van der Waals surface area contributed by atoms with E-state index in [4.69, 9.17) is 0 Å². The van der Waals surface area contributed by atoms with Crippen molar-refractivity contribution in [3.8, 4) is 22.4 Å². The third-order valence-corrected chi connectivity index (χ3v) is 8.84. The highest BCUT2D eigenvalue weighted by molar-refractivity contribution is 7.89. The van der Waals surface area contributed by atoms with Gasteiger partial charge in [0.1, 0.15) is 0 Å². The molecule has 0 amide bonds. The summed E-state index contributed by atoms with van der Waals surface area (Å²) >= 11 is 0. The fourth-order valence-corrected chi connectivity index (χ4v) is 6.05. The van der Waals surface area contributed by atoms with Gasteiger partial charge in [-0.25, -0.2) is 8.42 Å². The number of benzene rings is 3. The Bertz CT molecular complexity index is 1460. The van der Waals surface area contributed by atoms with Gasteiger partial charge in [-0.05, 0) is 78.9 Å². The SMILES string of the molecule is Cc1cc(C)c(-c2ccc(N3CCN(S(=O)(=O)c4ccc(-c5ccccc5)cc4)CC3)nn2)cc1C. The van der Waals surface area contributed by atoms with Crippen LogP contribution in [0.15, 0.2) is 83.8 Å². The number of nitrogens with zero attached hydrogens (tertiary/aromatic N) is 4. The smallest absolute Gasteiger partial charge is 0.243 e. The predicted molar refractivity (Wildman–Crippen MR) is 145 cm³/mol. The van der Waals surface area contributed by atoms with Crippen LogP contribution in [0.1, 0.15) is 16.7 Å². The number of hydrogen-bond acceptors (Lipinski definition) is 5. The van der Waals surface area contributed by atoms with Crippen LogP contribution in [0.25, 0.3) is 22.4 Å². The maximum atomic E-state index is 13.2. The van der Waals surface area contributed by atoms with E-state index in [-0.39, 0.29) is 0 Å². The Morgan fingerprint density at radius 3 is 1.94 bits per heavy atom. The quantitative estimate of drug-likeness (QED) is 0.376. The lowest BCUT2D eigenvalue weighted by molar-refractivity contribution is 0.383. The summed E-state index contributed by atoms with van der Waals surface area (Å²) in [6.07, 6.45) is 0. The average molecular weight is 499 g/mol. The summed E-state index contributed by atoms with van der Waals surface area (Å²) in [7, 11) is -3.55. The van der Waals surface area contributed by atoms with Gasteiger partial charge in [0.05, 0.1) is 10.6 Å². The third-order valence-electron chi connectivity index (χ3n) is 6.93. The average Bonchev–Trinajstić information content (AvgIpc) is 2.91. The first kappa shape index (κ1) is 24.2. The molecule has 7 heteroatoms. The molecule has 0 saturated carbocycles. The first-order valence-electron chi connectivity index (χ1n) is 12.2. The van der Waals surface area contributed by atoms with E-state index in [1.807, 2.05) is 54.6 Å². The summed E-state index contributed by atoms with van der Waals surface area (Å²) in [5, 5.41) is 8.94. The van der Waals surface area contributed by atoms with Gasteiger partial charge in [-0.15, -0.1) is 10.2 Å². The Hall–Kier alpha value is -3.55. The van der Waals surface area contributed by atoms with Crippen molar-refractivity contribution in [3.05, 3.63) is 95.6 Å². The van der Waals surface area contributed by atoms with Crippen LogP contribution in [0.2, 0.25) is 0 Å². The first-order valence-corrected chi connectivity index (χ1v) is 13.6. The van der Waals surface area contributed by atoms with Gasteiger partial charge in [-0.3, -0.25) is 0 Å². The maximum Gasteiger partial charge on any atom is 0.243 e. The topological polar surface area (TPSA) is 66.4 Å². The molecule has 6 nitrogen and oxygen atoms in total. The summed E-state index contributed by atoms with van der Waals surface area (Å²) < 4.78 is 28.0. The van der Waals surface area contributed by atoms with Gasteiger partial charge in [0.25, 0.3) is 0 Å². The minimum absolute atomic E-state index is 0.323. The van der Waals surface area contributed by atoms with Crippen molar-refractivity contribution in [2.24, 2.45) is 0 Å². The summed E-state index contributed by atoms with van der Waals surface area (Å²) in [5.41, 5.74) is 7.67. The molecule has 36 heavy (non-hydrogen) atoms. The van der Waals surface area contributed by atoms with Crippen molar-refractivity contribution >= 4 is 15.8 Å². The molecule has 0 atom stereocenters. The second-order valence-electron chi connectivity index (χ2n) is 9.31. The van der Waals surface area contributed by atoms with E-state index in [1.54, 1.807) is 16.4 Å². The van der Waals surface area contributed by atoms with Crippen molar-refractivity contribution in [2.45, 2.75) is 25.7 Å². The molecular weight excluding hydrogens is 468 g/mol. The molecule has 1 aliphatic heterocycles. The van der Waals surface area contributed by atoms with Crippen LogP contribution in [0.5, 0.6) is 0 Å². The molecule has 0 spiro atoms. The van der Waals surface area contributed by atoms with Gasteiger partial charge in [-0.1, -0.05) is 48.5 Å². The molecule has 184 valence electrons. The lowest BCUT2D eigenvalue weighted by Crippen LogP contribution is -2.49. The van der Waals surface area contributed by atoms with E-state index >= 15 is 0 Å². The summed E-state index contributed by atoms with van der Waals surface area (Å²) in [4.78, 5) is 2.41. The fraction of sp³-hybridized carbons (Fsp3) is 0.241. The zero-order valence-electron chi connectivity index (χ0n) is 20.8. The predicted octanol–water partition coefficient (Wildman–Crippen LogP) is 5.25. The normalized spacial score (nSPS) is 14.7. The van der Waals surface area contributed by atoms with E-state index in [2.05, 4.69) is 48.0 Å². The number of sulfonamides is 1. The van der Waals surface area contributed by atoms with Crippen molar-refractivity contribution < 1.29 is 8.42 Å². The number of piperazine rings is 1. The Kier molecular flexibility index (Phi) is 6.60. The van der Waals surface area contributed by atoms with E-state index in [0.29, 0.717) is 31.1 Å². The molecule has 4 aromatic rings. The highest BCUT2D eigenvalue weighted by atomic mass is 32.2. The van der Waals surface area contributed by atoms with Crippen LogP contribution in [0.4, 0.5) is 5.82 Å². The van der Waals surface area contributed by atoms with Crippen molar-refractivity contribution in [2.75, 3.05) is 31.1 Å². The van der Waals surface area contributed by atoms with Gasteiger partial charge in [0.2, 0.25) is 10.0 Å².